The Bertz CT molecular complexity index is 1190. The molecule has 5 rings (SSSR count). The zero-order chi connectivity index (χ0) is 25.2. The Morgan fingerprint density at radius 1 is 1.19 bits per heavy atom. The summed E-state index contributed by atoms with van der Waals surface area (Å²) in [6, 6.07) is 9.77. The Morgan fingerprint density at radius 3 is 2.69 bits per heavy atom. The smallest absolute Gasteiger partial charge is 0.269 e. The number of carbonyl (C=O) groups excluding carboxylic acids is 1. The van der Waals surface area contributed by atoms with Crippen LogP contribution in [0.3, 0.4) is 0 Å². The predicted molar refractivity (Wildman–Crippen MR) is 145 cm³/mol. The summed E-state index contributed by atoms with van der Waals surface area (Å²) in [5.41, 5.74) is 9.95. The molecule has 0 bridgehead atoms. The van der Waals surface area contributed by atoms with Gasteiger partial charge in [0.05, 0.1) is 12.2 Å². The van der Waals surface area contributed by atoms with Crippen LogP contribution in [0.5, 0.6) is 0 Å². The molecule has 0 radical (unpaired) electrons. The average molecular weight is 491 g/mol. The number of hydrogen-bond acceptors (Lipinski definition) is 4. The standard InChI is InChI=1S/C29H42N6O/c1-4-5-8-20(17-21-18-31-25-10-7-6-9-24(21)25)28-27(29(30)36)32-26-19-34(15-16-35(26)28)23-13-11-22(12-14-23)33(2)3/h6-7,9-10,18,20,22-23,31H,4-5,8,11-17,19H2,1-3H3,(H2,30,36). The number of imidazole rings is 1. The first-order valence-electron chi connectivity index (χ1n) is 13.8. The number of unbranched alkanes of at least 4 members (excludes halogenated alkanes) is 1. The second-order valence-corrected chi connectivity index (χ2v) is 11.1. The summed E-state index contributed by atoms with van der Waals surface area (Å²) >= 11 is 0. The highest BCUT2D eigenvalue weighted by atomic mass is 16.1. The molecule has 0 spiro atoms. The van der Waals surface area contributed by atoms with Gasteiger partial charge in [0.2, 0.25) is 0 Å². The number of aromatic nitrogens is 3. The molecule has 1 fully saturated rings. The van der Waals surface area contributed by atoms with Crippen LogP contribution in [0, 0.1) is 0 Å². The molecule has 3 heterocycles. The zero-order valence-electron chi connectivity index (χ0n) is 22.2. The topological polar surface area (TPSA) is 83.2 Å². The minimum Gasteiger partial charge on any atom is -0.364 e. The van der Waals surface area contributed by atoms with Crippen molar-refractivity contribution in [1.82, 2.24) is 24.3 Å². The molecule has 1 saturated carbocycles. The van der Waals surface area contributed by atoms with E-state index < -0.39 is 5.91 Å². The largest absolute Gasteiger partial charge is 0.364 e. The first-order valence-corrected chi connectivity index (χ1v) is 13.8. The number of hydrogen-bond donors (Lipinski definition) is 2. The lowest BCUT2D eigenvalue weighted by atomic mass is 9.89. The minimum atomic E-state index is -0.398. The summed E-state index contributed by atoms with van der Waals surface area (Å²) < 4.78 is 2.34. The van der Waals surface area contributed by atoms with Crippen molar-refractivity contribution in [3.63, 3.8) is 0 Å². The fourth-order valence-electron chi connectivity index (χ4n) is 6.57. The van der Waals surface area contributed by atoms with Gasteiger partial charge in [-0.2, -0.15) is 0 Å². The lowest BCUT2D eigenvalue weighted by Crippen LogP contribution is -2.45. The molecule has 2 aromatic heterocycles. The molecule has 194 valence electrons. The molecular weight excluding hydrogens is 448 g/mol. The minimum absolute atomic E-state index is 0.218. The van der Waals surface area contributed by atoms with Gasteiger partial charge in [-0.1, -0.05) is 38.0 Å². The predicted octanol–water partition coefficient (Wildman–Crippen LogP) is 4.67. The highest BCUT2D eigenvalue weighted by Crippen LogP contribution is 2.35. The second-order valence-electron chi connectivity index (χ2n) is 11.1. The van der Waals surface area contributed by atoms with E-state index in [1.807, 2.05) is 0 Å². The number of fused-ring (bicyclic) bond motifs is 2. The van der Waals surface area contributed by atoms with Crippen LogP contribution in [0.2, 0.25) is 0 Å². The number of benzene rings is 1. The van der Waals surface area contributed by atoms with Crippen LogP contribution in [0.15, 0.2) is 30.5 Å². The van der Waals surface area contributed by atoms with E-state index in [1.165, 1.54) is 36.6 Å². The Morgan fingerprint density at radius 2 is 1.97 bits per heavy atom. The van der Waals surface area contributed by atoms with Crippen molar-refractivity contribution in [3.05, 3.63) is 53.2 Å². The van der Waals surface area contributed by atoms with Gasteiger partial charge in [-0.3, -0.25) is 9.69 Å². The molecule has 0 saturated heterocycles. The Balaban J connectivity index is 1.42. The lowest BCUT2D eigenvalue weighted by Gasteiger charge is -2.40. The fraction of sp³-hybridized carbons (Fsp3) is 0.586. The van der Waals surface area contributed by atoms with Crippen LogP contribution >= 0.6 is 0 Å². The van der Waals surface area contributed by atoms with Gasteiger partial charge in [-0.05, 0) is 64.3 Å². The number of aromatic amines is 1. The van der Waals surface area contributed by atoms with E-state index in [9.17, 15) is 4.79 Å². The van der Waals surface area contributed by atoms with Crippen LogP contribution < -0.4 is 5.73 Å². The highest BCUT2D eigenvalue weighted by molar-refractivity contribution is 5.92. The fourth-order valence-corrected chi connectivity index (χ4v) is 6.57. The zero-order valence-corrected chi connectivity index (χ0v) is 22.2. The van der Waals surface area contributed by atoms with Gasteiger partial charge >= 0.3 is 0 Å². The molecule has 1 atom stereocenters. The van der Waals surface area contributed by atoms with E-state index in [0.717, 1.165) is 62.4 Å². The van der Waals surface area contributed by atoms with Gasteiger partial charge in [0, 0.05) is 48.2 Å². The lowest BCUT2D eigenvalue weighted by molar-refractivity contribution is 0.0929. The highest BCUT2D eigenvalue weighted by Gasteiger charge is 2.34. The van der Waals surface area contributed by atoms with Crippen molar-refractivity contribution in [1.29, 1.82) is 0 Å². The summed E-state index contributed by atoms with van der Waals surface area (Å²) in [5.74, 6) is 0.834. The van der Waals surface area contributed by atoms with Crippen LogP contribution in [0.4, 0.5) is 0 Å². The second kappa shape index (κ2) is 10.8. The first-order chi connectivity index (χ1) is 17.5. The maximum absolute atomic E-state index is 12.6. The number of nitrogens with one attached hydrogen (secondary N) is 1. The van der Waals surface area contributed by atoms with E-state index in [-0.39, 0.29) is 5.92 Å². The Kier molecular flexibility index (Phi) is 7.49. The number of nitrogens with two attached hydrogens (primary N) is 1. The summed E-state index contributed by atoms with van der Waals surface area (Å²) in [6.45, 7) is 4.94. The molecule has 7 nitrogen and oxygen atoms in total. The molecule has 2 aliphatic rings. The van der Waals surface area contributed by atoms with Crippen molar-refractivity contribution in [3.8, 4) is 0 Å². The van der Waals surface area contributed by atoms with Crippen LogP contribution in [0.1, 0.15) is 85.4 Å². The maximum atomic E-state index is 12.6. The van der Waals surface area contributed by atoms with Crippen molar-refractivity contribution in [2.24, 2.45) is 5.73 Å². The van der Waals surface area contributed by atoms with Gasteiger partial charge < -0.3 is 20.2 Å². The van der Waals surface area contributed by atoms with Gasteiger partial charge in [0.25, 0.3) is 5.91 Å². The third-order valence-corrected chi connectivity index (χ3v) is 8.62. The number of primary amides is 1. The number of nitrogens with zero attached hydrogens (tertiary/aromatic N) is 4. The number of amides is 1. The number of carbonyl (C=O) groups is 1. The molecule has 1 unspecified atom stereocenters. The van der Waals surface area contributed by atoms with Crippen LogP contribution in [-0.2, 0) is 19.5 Å². The summed E-state index contributed by atoms with van der Waals surface area (Å²) in [4.78, 5) is 25.9. The SMILES string of the molecule is CCCCC(Cc1c[nH]c2ccccc12)c1c(C(N)=O)nc2n1CCN(C1CCC(N(C)C)CC1)C2. The molecule has 7 heteroatoms. The normalized spacial score (nSPS) is 21.7. The van der Waals surface area contributed by atoms with Crippen LogP contribution in [-0.4, -0.2) is 63.0 Å². The summed E-state index contributed by atoms with van der Waals surface area (Å²) in [5, 5.41) is 1.26. The average Bonchev–Trinajstić information content (AvgIpc) is 3.48. The van der Waals surface area contributed by atoms with Gasteiger partial charge in [-0.15, -0.1) is 0 Å². The summed E-state index contributed by atoms with van der Waals surface area (Å²) in [6.07, 6.45) is 11.3. The molecule has 1 aromatic carbocycles. The van der Waals surface area contributed by atoms with Gasteiger partial charge in [0.1, 0.15) is 11.5 Å². The molecule has 3 N–H and O–H groups in total. The molecule has 3 aromatic rings. The molecule has 1 aliphatic heterocycles. The van der Waals surface area contributed by atoms with Crippen LogP contribution in [0.25, 0.3) is 10.9 Å². The van der Waals surface area contributed by atoms with E-state index in [1.54, 1.807) is 0 Å². The van der Waals surface area contributed by atoms with Crippen molar-refractivity contribution < 1.29 is 4.79 Å². The number of rotatable bonds is 9. The molecule has 1 aliphatic carbocycles. The van der Waals surface area contributed by atoms with E-state index in [0.29, 0.717) is 17.8 Å². The molecule has 36 heavy (non-hydrogen) atoms. The maximum Gasteiger partial charge on any atom is 0.269 e. The monoisotopic (exact) mass is 490 g/mol. The first kappa shape index (κ1) is 25.0. The van der Waals surface area contributed by atoms with E-state index >= 15 is 0 Å². The van der Waals surface area contributed by atoms with E-state index in [4.69, 9.17) is 10.7 Å². The Labute approximate surface area is 215 Å². The number of H-pyrrole nitrogens is 1. The molecular formula is C29H42N6O. The summed E-state index contributed by atoms with van der Waals surface area (Å²) in [7, 11) is 4.39. The number of para-hydroxylation sites is 1. The van der Waals surface area contributed by atoms with E-state index in [2.05, 4.69) is 70.8 Å². The van der Waals surface area contributed by atoms with Gasteiger partial charge in [-0.25, -0.2) is 4.98 Å². The third-order valence-electron chi connectivity index (χ3n) is 8.62. The van der Waals surface area contributed by atoms with Crippen molar-refractivity contribution in [2.45, 2.75) is 89.4 Å². The Hall–Kier alpha value is -2.64. The molecule has 1 amide bonds. The van der Waals surface area contributed by atoms with Crippen molar-refractivity contribution in [2.75, 3.05) is 20.6 Å². The quantitative estimate of drug-likeness (QED) is 0.457. The van der Waals surface area contributed by atoms with Gasteiger partial charge in [0.15, 0.2) is 0 Å². The van der Waals surface area contributed by atoms with Crippen molar-refractivity contribution >= 4 is 16.8 Å². The third kappa shape index (κ3) is 4.96.